The van der Waals surface area contributed by atoms with Gasteiger partial charge in [0, 0.05) is 18.2 Å². The number of nitrogens with zero attached hydrogens (tertiary/aromatic N) is 1. The number of aromatic nitrogens is 1. The van der Waals surface area contributed by atoms with E-state index in [1.54, 1.807) is 0 Å². The van der Waals surface area contributed by atoms with Gasteiger partial charge in [-0.05, 0) is 19.3 Å². The molecule has 0 spiro atoms. The lowest BCUT2D eigenvalue weighted by molar-refractivity contribution is -0.185. The molecule has 0 unspecified atom stereocenters. The molecule has 116 valence electrons. The Hall–Kier alpha value is -1.44. The number of hydrogen-bond donors (Lipinski definition) is 1. The van der Waals surface area contributed by atoms with Gasteiger partial charge in [-0.25, -0.2) is 4.98 Å². The Kier molecular flexibility index (Phi) is 4.65. The van der Waals surface area contributed by atoms with E-state index in [0.29, 0.717) is 12.8 Å². The molecule has 1 fully saturated rings. The van der Waals surface area contributed by atoms with Gasteiger partial charge in [-0.2, -0.15) is 13.2 Å². The van der Waals surface area contributed by atoms with Crippen molar-refractivity contribution >= 4 is 28.2 Å². The highest BCUT2D eigenvalue weighted by Gasteiger charge is 2.43. The Morgan fingerprint density at radius 3 is 2.67 bits per heavy atom. The smallest absolute Gasteiger partial charge is 0.302 e. The van der Waals surface area contributed by atoms with E-state index in [1.165, 1.54) is 12.3 Å². The van der Waals surface area contributed by atoms with Gasteiger partial charge >= 0.3 is 6.18 Å². The van der Waals surface area contributed by atoms with Crippen LogP contribution in [0.1, 0.15) is 43.1 Å². The molecule has 1 heterocycles. The summed E-state index contributed by atoms with van der Waals surface area (Å²) in [5.74, 6) is -2.74. The Morgan fingerprint density at radius 2 is 2.10 bits per heavy atom. The SMILES string of the molecule is CC(=O)c1csc(NC(=O)[C@@H]2CCC[C@@H](C(F)(F)F)C2)n1. The highest BCUT2D eigenvalue weighted by Crippen LogP contribution is 2.40. The summed E-state index contributed by atoms with van der Waals surface area (Å²) in [5, 5.41) is 4.27. The standard InChI is InChI=1S/C13H15F3N2O2S/c1-7(19)10-6-21-12(17-10)18-11(20)8-3-2-4-9(5-8)13(14,15)16/h6,8-9H,2-5H2,1H3,(H,17,18,20)/t8-,9-/m1/s1. The molecule has 2 rings (SSSR count). The highest BCUT2D eigenvalue weighted by atomic mass is 32.1. The van der Waals surface area contributed by atoms with Crippen molar-refractivity contribution in [2.24, 2.45) is 11.8 Å². The minimum Gasteiger partial charge on any atom is -0.302 e. The van der Waals surface area contributed by atoms with E-state index < -0.39 is 23.9 Å². The number of ketones is 1. The molecule has 21 heavy (non-hydrogen) atoms. The number of carbonyl (C=O) groups is 2. The lowest BCUT2D eigenvalue weighted by Gasteiger charge is -2.29. The molecule has 1 aliphatic carbocycles. The molecule has 1 amide bonds. The minimum absolute atomic E-state index is 0.0824. The lowest BCUT2D eigenvalue weighted by Crippen LogP contribution is -2.34. The molecular weight excluding hydrogens is 305 g/mol. The maximum Gasteiger partial charge on any atom is 0.391 e. The summed E-state index contributed by atoms with van der Waals surface area (Å²) < 4.78 is 38.2. The lowest BCUT2D eigenvalue weighted by atomic mass is 9.80. The number of anilines is 1. The Morgan fingerprint density at radius 1 is 1.38 bits per heavy atom. The van der Waals surface area contributed by atoms with Crippen molar-refractivity contribution < 1.29 is 22.8 Å². The number of thiazole rings is 1. The topological polar surface area (TPSA) is 59.1 Å². The maximum atomic E-state index is 12.7. The van der Waals surface area contributed by atoms with Gasteiger partial charge in [0.25, 0.3) is 0 Å². The number of hydrogen-bond acceptors (Lipinski definition) is 4. The zero-order valence-corrected chi connectivity index (χ0v) is 12.2. The molecule has 0 aromatic carbocycles. The first kappa shape index (κ1) is 15.9. The maximum absolute atomic E-state index is 12.7. The number of nitrogens with one attached hydrogen (secondary N) is 1. The third-order valence-electron chi connectivity index (χ3n) is 3.60. The van der Waals surface area contributed by atoms with Crippen molar-refractivity contribution in [1.29, 1.82) is 0 Å². The van der Waals surface area contributed by atoms with Gasteiger partial charge in [-0.1, -0.05) is 6.42 Å². The molecule has 4 nitrogen and oxygen atoms in total. The molecule has 2 atom stereocenters. The van der Waals surface area contributed by atoms with Crippen molar-refractivity contribution in [1.82, 2.24) is 4.98 Å². The zero-order chi connectivity index (χ0) is 15.6. The number of rotatable bonds is 3. The van der Waals surface area contributed by atoms with Crippen LogP contribution in [0.5, 0.6) is 0 Å². The first-order valence-electron chi connectivity index (χ1n) is 6.61. The van der Waals surface area contributed by atoms with Gasteiger partial charge < -0.3 is 5.32 Å². The molecule has 8 heteroatoms. The largest absolute Gasteiger partial charge is 0.391 e. The van der Waals surface area contributed by atoms with Crippen molar-refractivity contribution in [3.8, 4) is 0 Å². The Balaban J connectivity index is 1.97. The summed E-state index contributed by atoms with van der Waals surface area (Å²) in [6.07, 6.45) is -3.51. The molecule has 1 aliphatic rings. The third kappa shape index (κ3) is 4.03. The van der Waals surface area contributed by atoms with Crippen molar-refractivity contribution in [3.05, 3.63) is 11.1 Å². The van der Waals surface area contributed by atoms with Crippen LogP contribution in [0.4, 0.5) is 18.3 Å². The van der Waals surface area contributed by atoms with Crippen molar-refractivity contribution in [2.45, 2.75) is 38.8 Å². The van der Waals surface area contributed by atoms with Gasteiger partial charge in [0.05, 0.1) is 5.92 Å². The normalized spacial score (nSPS) is 22.9. The van der Waals surface area contributed by atoms with Crippen LogP contribution in [-0.2, 0) is 4.79 Å². The molecule has 1 aromatic rings. The molecule has 0 saturated heterocycles. The van der Waals surface area contributed by atoms with Crippen LogP contribution in [-0.4, -0.2) is 22.9 Å². The monoisotopic (exact) mass is 320 g/mol. The summed E-state index contributed by atoms with van der Waals surface area (Å²) >= 11 is 1.09. The summed E-state index contributed by atoms with van der Waals surface area (Å²) in [6.45, 7) is 1.36. The summed E-state index contributed by atoms with van der Waals surface area (Å²) in [6, 6.07) is 0. The molecule has 1 aromatic heterocycles. The Labute approximate surface area is 123 Å². The molecule has 1 saturated carbocycles. The summed E-state index contributed by atoms with van der Waals surface area (Å²) in [4.78, 5) is 27.1. The number of halogens is 3. The predicted octanol–water partition coefficient (Wildman–Crippen LogP) is 3.65. The average Bonchev–Trinajstić information content (AvgIpc) is 2.86. The van der Waals surface area contributed by atoms with Crippen LogP contribution in [0, 0.1) is 11.8 Å². The molecule has 0 radical (unpaired) electrons. The van der Waals surface area contributed by atoms with Crippen LogP contribution in [0.2, 0.25) is 0 Å². The summed E-state index contributed by atoms with van der Waals surface area (Å²) in [5.41, 5.74) is 0.243. The molecule has 0 bridgehead atoms. The van der Waals surface area contributed by atoms with E-state index in [4.69, 9.17) is 0 Å². The Bertz CT molecular complexity index is 542. The van der Waals surface area contributed by atoms with Crippen LogP contribution in [0.25, 0.3) is 0 Å². The second-order valence-electron chi connectivity index (χ2n) is 5.19. The fourth-order valence-corrected chi connectivity index (χ4v) is 3.18. The first-order chi connectivity index (χ1) is 9.77. The predicted molar refractivity (Wildman–Crippen MR) is 72.3 cm³/mol. The molecule has 0 aliphatic heterocycles. The molecule has 1 N–H and O–H groups in total. The number of alkyl halides is 3. The van der Waals surface area contributed by atoms with E-state index in [1.807, 2.05) is 0 Å². The van der Waals surface area contributed by atoms with Crippen LogP contribution < -0.4 is 5.32 Å². The minimum atomic E-state index is -4.25. The highest BCUT2D eigenvalue weighted by molar-refractivity contribution is 7.14. The van der Waals surface area contributed by atoms with Gasteiger partial charge in [-0.3, -0.25) is 9.59 Å². The van der Waals surface area contributed by atoms with Gasteiger partial charge in [0.2, 0.25) is 5.91 Å². The second-order valence-corrected chi connectivity index (χ2v) is 6.04. The average molecular weight is 320 g/mol. The number of amides is 1. The fraction of sp³-hybridized carbons (Fsp3) is 0.615. The number of Topliss-reactive ketones (excluding diaryl/α,β-unsaturated/α-hetero) is 1. The van der Waals surface area contributed by atoms with E-state index >= 15 is 0 Å². The van der Waals surface area contributed by atoms with Crippen molar-refractivity contribution in [2.75, 3.05) is 5.32 Å². The molecular formula is C13H15F3N2O2S. The second kappa shape index (κ2) is 6.13. The van der Waals surface area contributed by atoms with E-state index in [9.17, 15) is 22.8 Å². The quantitative estimate of drug-likeness (QED) is 0.865. The van der Waals surface area contributed by atoms with Gasteiger partial charge in [-0.15, -0.1) is 11.3 Å². The van der Waals surface area contributed by atoms with E-state index in [-0.39, 0.29) is 29.5 Å². The van der Waals surface area contributed by atoms with Crippen LogP contribution >= 0.6 is 11.3 Å². The van der Waals surface area contributed by atoms with E-state index in [0.717, 1.165) is 11.3 Å². The summed E-state index contributed by atoms with van der Waals surface area (Å²) in [7, 11) is 0. The number of carbonyl (C=O) groups excluding carboxylic acids is 2. The van der Waals surface area contributed by atoms with Gasteiger partial charge in [0.15, 0.2) is 10.9 Å². The third-order valence-corrected chi connectivity index (χ3v) is 4.36. The zero-order valence-electron chi connectivity index (χ0n) is 11.4. The fourth-order valence-electron chi connectivity index (χ4n) is 2.43. The van der Waals surface area contributed by atoms with Crippen LogP contribution in [0.3, 0.4) is 0 Å². The van der Waals surface area contributed by atoms with E-state index in [2.05, 4.69) is 10.3 Å². The van der Waals surface area contributed by atoms with Crippen LogP contribution in [0.15, 0.2) is 5.38 Å². The van der Waals surface area contributed by atoms with Crippen molar-refractivity contribution in [3.63, 3.8) is 0 Å². The first-order valence-corrected chi connectivity index (χ1v) is 7.49. The van der Waals surface area contributed by atoms with Gasteiger partial charge in [0.1, 0.15) is 5.69 Å².